The lowest BCUT2D eigenvalue weighted by Crippen LogP contribution is -2.58. The van der Waals surface area contributed by atoms with Crippen LogP contribution in [0.2, 0.25) is 0 Å². The fourth-order valence-electron chi connectivity index (χ4n) is 1.97. The lowest BCUT2D eigenvalue weighted by Gasteiger charge is -2.34. The first-order valence-corrected chi connectivity index (χ1v) is 6.52. The number of hydrogen-bond acceptors (Lipinski definition) is 6. The number of methoxy groups -OCH3 is 1. The third-order valence-corrected chi connectivity index (χ3v) is 3.03. The van der Waals surface area contributed by atoms with Crippen LogP contribution < -0.4 is 5.32 Å². The van der Waals surface area contributed by atoms with Gasteiger partial charge in [0.05, 0.1) is 31.8 Å². The Morgan fingerprint density at radius 3 is 2.55 bits per heavy atom. The van der Waals surface area contributed by atoms with Gasteiger partial charge in [-0.3, -0.25) is 4.79 Å². The molecule has 0 aromatic rings. The fraction of sp³-hybridized carbons (Fsp3) is 0.846. The third kappa shape index (κ3) is 4.64. The number of hydrogen-bond donors (Lipinski definition) is 2. The normalized spacial score (nSPS) is 24.1. The van der Waals surface area contributed by atoms with Crippen molar-refractivity contribution < 1.29 is 28.9 Å². The van der Waals surface area contributed by atoms with E-state index in [0.717, 1.165) is 0 Å². The highest BCUT2D eigenvalue weighted by molar-refractivity contribution is 5.71. The number of esters is 1. The van der Waals surface area contributed by atoms with Crippen molar-refractivity contribution in [1.82, 2.24) is 5.32 Å². The Morgan fingerprint density at radius 1 is 1.45 bits per heavy atom. The monoisotopic (exact) mass is 289 g/mol. The molecule has 1 amide bonds. The Hall–Kier alpha value is -1.34. The number of aliphatic hydroxyl groups is 1. The summed E-state index contributed by atoms with van der Waals surface area (Å²) in [6.07, 6.45) is -1.54. The summed E-state index contributed by atoms with van der Waals surface area (Å²) in [5.41, 5.74) is -1.66. The zero-order chi connectivity index (χ0) is 15.4. The summed E-state index contributed by atoms with van der Waals surface area (Å²) in [4.78, 5) is 23.1. The molecule has 2 atom stereocenters. The summed E-state index contributed by atoms with van der Waals surface area (Å²) in [6.45, 7) is 5.76. The van der Waals surface area contributed by atoms with Crippen LogP contribution in [-0.4, -0.2) is 54.7 Å². The lowest BCUT2D eigenvalue weighted by atomic mass is 9.89. The zero-order valence-electron chi connectivity index (χ0n) is 12.4. The van der Waals surface area contributed by atoms with Gasteiger partial charge in [0.1, 0.15) is 5.60 Å². The SMILES string of the molecule is COC(=O)C[C@H](O)C1(NC(=O)OC(C)(C)C)CCOC1. The van der Waals surface area contributed by atoms with E-state index in [0.29, 0.717) is 13.0 Å². The average Bonchev–Trinajstić information content (AvgIpc) is 2.75. The van der Waals surface area contributed by atoms with Crippen LogP contribution in [0.25, 0.3) is 0 Å². The van der Waals surface area contributed by atoms with Crippen LogP contribution in [0.4, 0.5) is 4.79 Å². The first-order chi connectivity index (χ1) is 9.18. The number of nitrogens with one attached hydrogen (secondary N) is 1. The summed E-state index contributed by atoms with van der Waals surface area (Å²) in [6, 6.07) is 0. The van der Waals surface area contributed by atoms with E-state index in [4.69, 9.17) is 9.47 Å². The second kappa shape index (κ2) is 6.41. The minimum atomic E-state index is -1.09. The van der Waals surface area contributed by atoms with Gasteiger partial charge in [-0.25, -0.2) is 4.79 Å². The minimum absolute atomic E-state index is 0.129. The third-order valence-electron chi connectivity index (χ3n) is 3.03. The molecule has 1 heterocycles. The summed E-state index contributed by atoms with van der Waals surface area (Å²) in [7, 11) is 1.24. The molecule has 7 nitrogen and oxygen atoms in total. The van der Waals surface area contributed by atoms with E-state index in [9.17, 15) is 14.7 Å². The van der Waals surface area contributed by atoms with E-state index in [1.807, 2.05) is 0 Å². The van der Waals surface area contributed by atoms with Gasteiger partial charge in [0, 0.05) is 6.61 Å². The molecule has 116 valence electrons. The largest absolute Gasteiger partial charge is 0.469 e. The second-order valence-corrected chi connectivity index (χ2v) is 5.88. The Bertz CT molecular complexity index is 356. The van der Waals surface area contributed by atoms with E-state index < -0.39 is 29.3 Å². The van der Waals surface area contributed by atoms with Gasteiger partial charge in [0.25, 0.3) is 0 Å². The van der Waals surface area contributed by atoms with E-state index in [1.54, 1.807) is 20.8 Å². The van der Waals surface area contributed by atoms with Gasteiger partial charge in [0.15, 0.2) is 0 Å². The molecule has 0 aromatic carbocycles. The molecule has 1 rings (SSSR count). The predicted octanol–water partition coefficient (Wildman–Crippen LogP) is 0.594. The maximum Gasteiger partial charge on any atom is 0.408 e. The highest BCUT2D eigenvalue weighted by Crippen LogP contribution is 2.25. The summed E-state index contributed by atoms with van der Waals surface area (Å²) in [5.74, 6) is -0.547. The van der Waals surface area contributed by atoms with Crippen LogP contribution in [0.1, 0.15) is 33.6 Å². The Morgan fingerprint density at radius 2 is 2.10 bits per heavy atom. The standard InChI is InChI=1S/C13H23NO6/c1-12(2,3)20-11(17)14-13(5-6-19-8-13)9(15)7-10(16)18-4/h9,15H,5-8H2,1-4H3,(H,14,17)/t9-,13?/m0/s1. The first-order valence-electron chi connectivity index (χ1n) is 6.52. The Labute approximate surface area is 118 Å². The Balaban J connectivity index is 2.72. The Kier molecular flexibility index (Phi) is 5.35. The number of rotatable bonds is 4. The fourth-order valence-corrected chi connectivity index (χ4v) is 1.97. The van der Waals surface area contributed by atoms with E-state index in [-0.39, 0.29) is 13.0 Å². The molecule has 0 saturated carbocycles. The van der Waals surface area contributed by atoms with E-state index in [2.05, 4.69) is 10.1 Å². The van der Waals surface area contributed by atoms with Gasteiger partial charge in [-0.2, -0.15) is 0 Å². The van der Waals surface area contributed by atoms with Gasteiger partial charge in [0.2, 0.25) is 0 Å². The van der Waals surface area contributed by atoms with Crippen molar-refractivity contribution in [3.05, 3.63) is 0 Å². The number of carbonyl (C=O) groups is 2. The van der Waals surface area contributed by atoms with Crippen molar-refractivity contribution in [2.75, 3.05) is 20.3 Å². The van der Waals surface area contributed by atoms with Gasteiger partial charge < -0.3 is 24.6 Å². The molecule has 0 aromatic heterocycles. The predicted molar refractivity (Wildman–Crippen MR) is 70.2 cm³/mol. The number of alkyl carbamates (subject to hydrolysis) is 1. The van der Waals surface area contributed by atoms with Crippen molar-refractivity contribution in [2.45, 2.75) is 50.9 Å². The zero-order valence-corrected chi connectivity index (χ0v) is 12.4. The maximum atomic E-state index is 11.9. The van der Waals surface area contributed by atoms with Crippen LogP contribution in [0, 0.1) is 0 Å². The number of aliphatic hydroxyl groups excluding tert-OH is 1. The maximum absolute atomic E-state index is 11.9. The summed E-state index contributed by atoms with van der Waals surface area (Å²) < 4.78 is 14.9. The van der Waals surface area contributed by atoms with Crippen LogP contribution in [0.5, 0.6) is 0 Å². The molecule has 0 radical (unpaired) electrons. The molecule has 0 spiro atoms. The van der Waals surface area contributed by atoms with Gasteiger partial charge in [-0.05, 0) is 27.2 Å². The van der Waals surface area contributed by atoms with Gasteiger partial charge in [-0.1, -0.05) is 0 Å². The van der Waals surface area contributed by atoms with Crippen molar-refractivity contribution in [3.8, 4) is 0 Å². The van der Waals surface area contributed by atoms with Crippen LogP contribution in [-0.2, 0) is 19.0 Å². The number of carbonyl (C=O) groups excluding carboxylic acids is 2. The smallest absolute Gasteiger partial charge is 0.408 e. The van der Waals surface area contributed by atoms with Crippen molar-refractivity contribution in [1.29, 1.82) is 0 Å². The van der Waals surface area contributed by atoms with Crippen molar-refractivity contribution in [2.24, 2.45) is 0 Å². The molecule has 1 aliphatic rings. The topological polar surface area (TPSA) is 94.1 Å². The molecule has 1 fully saturated rings. The van der Waals surface area contributed by atoms with Gasteiger partial charge in [-0.15, -0.1) is 0 Å². The molecular formula is C13H23NO6. The van der Waals surface area contributed by atoms with Crippen molar-refractivity contribution >= 4 is 12.1 Å². The summed E-state index contributed by atoms with van der Waals surface area (Å²) >= 11 is 0. The molecule has 20 heavy (non-hydrogen) atoms. The van der Waals surface area contributed by atoms with Crippen LogP contribution >= 0.6 is 0 Å². The average molecular weight is 289 g/mol. The number of amides is 1. The first kappa shape index (κ1) is 16.7. The van der Waals surface area contributed by atoms with E-state index in [1.165, 1.54) is 7.11 Å². The van der Waals surface area contributed by atoms with Gasteiger partial charge >= 0.3 is 12.1 Å². The quantitative estimate of drug-likeness (QED) is 0.736. The lowest BCUT2D eigenvalue weighted by molar-refractivity contribution is -0.144. The highest BCUT2D eigenvalue weighted by atomic mass is 16.6. The second-order valence-electron chi connectivity index (χ2n) is 5.88. The molecule has 7 heteroatoms. The molecule has 2 N–H and O–H groups in total. The molecule has 0 aliphatic carbocycles. The van der Waals surface area contributed by atoms with Crippen LogP contribution in [0.15, 0.2) is 0 Å². The highest BCUT2D eigenvalue weighted by Gasteiger charge is 2.44. The molecular weight excluding hydrogens is 266 g/mol. The molecule has 0 bridgehead atoms. The number of ether oxygens (including phenoxy) is 3. The minimum Gasteiger partial charge on any atom is -0.469 e. The molecule has 1 unspecified atom stereocenters. The van der Waals surface area contributed by atoms with Crippen molar-refractivity contribution in [3.63, 3.8) is 0 Å². The van der Waals surface area contributed by atoms with Crippen LogP contribution in [0.3, 0.4) is 0 Å². The molecule has 1 aliphatic heterocycles. The molecule has 1 saturated heterocycles. The van der Waals surface area contributed by atoms with E-state index >= 15 is 0 Å². The summed E-state index contributed by atoms with van der Waals surface area (Å²) in [5, 5.41) is 12.8.